The molecule has 0 heterocycles. The first-order valence-corrected chi connectivity index (χ1v) is 5.68. The second-order valence-electron chi connectivity index (χ2n) is 3.26. The van der Waals surface area contributed by atoms with Crippen LogP contribution in [0.4, 0.5) is 5.69 Å². The van der Waals surface area contributed by atoms with Crippen LogP contribution in [-0.2, 0) is 11.3 Å². The fourth-order valence-electron chi connectivity index (χ4n) is 1.62. The molecule has 0 radical (unpaired) electrons. The lowest BCUT2D eigenvalue weighted by Crippen LogP contribution is -2.18. The summed E-state index contributed by atoms with van der Waals surface area (Å²) in [6, 6.07) is 9.45. The first-order valence-electron chi connectivity index (χ1n) is 4.65. The van der Waals surface area contributed by atoms with Crippen molar-refractivity contribution in [2.45, 2.75) is 0 Å². The molecule has 0 amide bonds. The molecular formula is C11H7N2O3S-. The first kappa shape index (κ1) is 11.4. The Morgan fingerprint density at radius 1 is 1.24 bits per heavy atom. The Labute approximate surface area is 99.9 Å². The molecule has 0 aliphatic carbocycles. The van der Waals surface area contributed by atoms with E-state index in [4.69, 9.17) is 5.26 Å². The van der Waals surface area contributed by atoms with Gasteiger partial charge in [0.25, 0.3) is 0 Å². The maximum atomic E-state index is 10.9. The molecule has 0 saturated heterocycles. The van der Waals surface area contributed by atoms with Crippen molar-refractivity contribution in [1.82, 2.24) is 0 Å². The highest BCUT2D eigenvalue weighted by molar-refractivity contribution is 7.80. The molecule has 1 atom stereocenters. The molecule has 6 heteroatoms. The zero-order valence-electron chi connectivity index (χ0n) is 8.53. The van der Waals surface area contributed by atoms with Crippen molar-refractivity contribution < 1.29 is 13.9 Å². The van der Waals surface area contributed by atoms with Crippen LogP contribution < -0.4 is 4.31 Å². The molecule has 1 unspecified atom stereocenters. The van der Waals surface area contributed by atoms with Crippen molar-refractivity contribution in [2.24, 2.45) is 0 Å². The summed E-state index contributed by atoms with van der Waals surface area (Å²) >= 11 is -2.68. The molecule has 0 bridgehead atoms. The molecular weight excluding hydrogens is 240 g/mol. The van der Waals surface area contributed by atoms with E-state index in [9.17, 15) is 13.9 Å². The van der Waals surface area contributed by atoms with E-state index in [0.29, 0.717) is 15.1 Å². The van der Waals surface area contributed by atoms with Crippen LogP contribution in [0.25, 0.3) is 10.8 Å². The topological polar surface area (TPSA) is 87.4 Å². The monoisotopic (exact) mass is 247 g/mol. The molecule has 0 spiro atoms. The maximum absolute atomic E-state index is 10.9. The normalized spacial score (nSPS) is 12.0. The SMILES string of the molecule is N#CN(c1cccc2c(O)cccc12)S(=O)[O-]. The molecule has 1 N–H and O–H groups in total. The quantitative estimate of drug-likeness (QED) is 0.496. The number of nitrogens with zero attached hydrogens (tertiary/aromatic N) is 2. The van der Waals surface area contributed by atoms with Crippen LogP contribution in [0.1, 0.15) is 0 Å². The lowest BCUT2D eigenvalue weighted by atomic mass is 10.1. The van der Waals surface area contributed by atoms with E-state index in [2.05, 4.69) is 0 Å². The van der Waals surface area contributed by atoms with Crippen LogP contribution in [-0.4, -0.2) is 13.9 Å². The van der Waals surface area contributed by atoms with Gasteiger partial charge in [0.1, 0.15) is 5.75 Å². The van der Waals surface area contributed by atoms with Gasteiger partial charge < -0.3 is 9.66 Å². The number of nitriles is 1. The smallest absolute Gasteiger partial charge is 0.196 e. The summed E-state index contributed by atoms with van der Waals surface area (Å²) in [5.74, 6) is 0.0407. The second-order valence-corrected chi connectivity index (χ2v) is 4.06. The number of anilines is 1. The predicted molar refractivity (Wildman–Crippen MR) is 62.6 cm³/mol. The molecule has 2 aromatic carbocycles. The minimum absolute atomic E-state index is 0.0407. The summed E-state index contributed by atoms with van der Waals surface area (Å²) in [4.78, 5) is 0. The number of phenols is 1. The third kappa shape index (κ3) is 1.93. The molecule has 17 heavy (non-hydrogen) atoms. The summed E-state index contributed by atoms with van der Waals surface area (Å²) in [5, 5.41) is 19.4. The van der Waals surface area contributed by atoms with Crippen molar-refractivity contribution >= 4 is 27.7 Å². The number of hydrogen-bond acceptors (Lipinski definition) is 4. The highest BCUT2D eigenvalue weighted by Gasteiger charge is 2.11. The predicted octanol–water partition coefficient (Wildman–Crippen LogP) is 1.63. The van der Waals surface area contributed by atoms with Gasteiger partial charge in [0.05, 0.1) is 17.0 Å². The van der Waals surface area contributed by atoms with Crippen molar-refractivity contribution in [3.05, 3.63) is 36.4 Å². The van der Waals surface area contributed by atoms with Gasteiger partial charge in [0.2, 0.25) is 0 Å². The average molecular weight is 247 g/mol. The number of phenolic OH excluding ortho intramolecular Hbond substituents is 1. The Balaban J connectivity index is 2.75. The Hall–Kier alpha value is -2.10. The molecule has 0 aliphatic heterocycles. The number of rotatable bonds is 2. The standard InChI is InChI=1S/C11H8N2O3S/c12-7-13(17(15)16)10-5-1-4-9-8(10)3-2-6-11(9)14/h1-6,14H,(H,15,16)/p-1. The van der Waals surface area contributed by atoms with Crippen molar-refractivity contribution in [2.75, 3.05) is 4.31 Å². The van der Waals surface area contributed by atoms with E-state index in [1.54, 1.807) is 30.5 Å². The second kappa shape index (κ2) is 4.41. The molecule has 0 aromatic heterocycles. The summed E-state index contributed by atoms with van der Waals surface area (Å²) < 4.78 is 22.4. The van der Waals surface area contributed by atoms with Gasteiger partial charge in [-0.05, 0) is 12.1 Å². The zero-order valence-corrected chi connectivity index (χ0v) is 9.35. The molecule has 0 fully saturated rings. The highest BCUT2D eigenvalue weighted by Crippen LogP contribution is 2.32. The van der Waals surface area contributed by atoms with Gasteiger partial charge in [-0.25, -0.2) is 4.31 Å². The average Bonchev–Trinajstić information content (AvgIpc) is 2.31. The number of fused-ring (bicyclic) bond motifs is 1. The summed E-state index contributed by atoms with van der Waals surface area (Å²) in [5.41, 5.74) is 0.217. The fourth-order valence-corrected chi connectivity index (χ4v) is 2.01. The molecule has 86 valence electrons. The summed E-state index contributed by atoms with van der Waals surface area (Å²) in [7, 11) is 0. The Morgan fingerprint density at radius 2 is 1.88 bits per heavy atom. The first-order chi connectivity index (χ1) is 8.15. The summed E-state index contributed by atoms with van der Waals surface area (Å²) in [6.45, 7) is 0. The van der Waals surface area contributed by atoms with Gasteiger partial charge in [0.15, 0.2) is 6.19 Å². The van der Waals surface area contributed by atoms with Crippen LogP contribution in [0.2, 0.25) is 0 Å². The van der Waals surface area contributed by atoms with Crippen LogP contribution in [0.15, 0.2) is 36.4 Å². The van der Waals surface area contributed by atoms with Gasteiger partial charge >= 0.3 is 0 Å². The third-order valence-corrected chi connectivity index (χ3v) is 2.91. The van der Waals surface area contributed by atoms with Crippen molar-refractivity contribution in [1.29, 1.82) is 5.26 Å². The van der Waals surface area contributed by atoms with Crippen molar-refractivity contribution in [3.63, 3.8) is 0 Å². The van der Waals surface area contributed by atoms with Crippen LogP contribution in [0.3, 0.4) is 0 Å². The van der Waals surface area contributed by atoms with E-state index in [1.165, 1.54) is 12.1 Å². The lowest BCUT2D eigenvalue weighted by Gasteiger charge is -2.19. The minimum atomic E-state index is -2.68. The Bertz CT molecular complexity index is 636. The summed E-state index contributed by atoms with van der Waals surface area (Å²) in [6.07, 6.45) is 1.57. The number of benzene rings is 2. The Kier molecular flexibility index (Phi) is 2.95. The number of aromatic hydroxyl groups is 1. The van der Waals surface area contributed by atoms with Crippen molar-refractivity contribution in [3.8, 4) is 11.9 Å². The maximum Gasteiger partial charge on any atom is 0.196 e. The van der Waals surface area contributed by atoms with Crippen LogP contribution in [0.5, 0.6) is 5.75 Å². The van der Waals surface area contributed by atoms with Gasteiger partial charge in [-0.3, -0.25) is 4.21 Å². The van der Waals surface area contributed by atoms with E-state index in [0.717, 1.165) is 0 Å². The van der Waals surface area contributed by atoms with Crippen LogP contribution in [0, 0.1) is 11.5 Å². The molecule has 5 nitrogen and oxygen atoms in total. The largest absolute Gasteiger partial charge is 0.754 e. The third-order valence-electron chi connectivity index (χ3n) is 2.33. The number of hydrogen-bond donors (Lipinski definition) is 1. The Morgan fingerprint density at radius 3 is 2.53 bits per heavy atom. The van der Waals surface area contributed by atoms with Crippen LogP contribution >= 0.6 is 0 Å². The molecule has 2 aromatic rings. The minimum Gasteiger partial charge on any atom is -0.754 e. The van der Waals surface area contributed by atoms with E-state index in [-0.39, 0.29) is 11.4 Å². The van der Waals surface area contributed by atoms with E-state index >= 15 is 0 Å². The van der Waals surface area contributed by atoms with Gasteiger partial charge in [-0.15, -0.1) is 0 Å². The van der Waals surface area contributed by atoms with E-state index in [1.807, 2.05) is 0 Å². The molecule has 0 aliphatic rings. The highest BCUT2D eigenvalue weighted by atomic mass is 32.2. The molecule has 2 rings (SSSR count). The van der Waals surface area contributed by atoms with Gasteiger partial charge in [-0.2, -0.15) is 5.26 Å². The zero-order chi connectivity index (χ0) is 12.4. The lowest BCUT2D eigenvalue weighted by molar-refractivity contribution is 0.481. The molecule has 0 saturated carbocycles. The van der Waals surface area contributed by atoms with Gasteiger partial charge in [-0.1, -0.05) is 24.3 Å². The van der Waals surface area contributed by atoms with E-state index < -0.39 is 11.3 Å². The van der Waals surface area contributed by atoms with Gasteiger partial charge in [0, 0.05) is 10.8 Å². The fraction of sp³-hybridized carbons (Fsp3) is 0.